The third kappa shape index (κ3) is 3.71. The number of aliphatic hydroxyl groups is 1. The van der Waals surface area contributed by atoms with Gasteiger partial charge in [0.25, 0.3) is 0 Å². The van der Waals surface area contributed by atoms with Crippen molar-refractivity contribution in [1.29, 1.82) is 0 Å². The first-order valence-electron chi connectivity index (χ1n) is 8.57. The molecule has 0 aliphatic carbocycles. The number of nitrogens with one attached hydrogen (secondary N) is 1. The van der Waals surface area contributed by atoms with E-state index >= 15 is 0 Å². The van der Waals surface area contributed by atoms with Crippen molar-refractivity contribution in [2.75, 3.05) is 20.2 Å². The Labute approximate surface area is 151 Å². The van der Waals surface area contributed by atoms with Crippen LogP contribution in [0.5, 0.6) is 5.75 Å². The van der Waals surface area contributed by atoms with Crippen molar-refractivity contribution in [3.63, 3.8) is 0 Å². The van der Waals surface area contributed by atoms with Crippen molar-refractivity contribution in [3.8, 4) is 5.75 Å². The molecule has 2 atom stereocenters. The topological polar surface area (TPSA) is 112 Å². The highest BCUT2D eigenvalue weighted by atomic mass is 16.5. The summed E-state index contributed by atoms with van der Waals surface area (Å²) in [6.07, 6.45) is -0.305. The predicted molar refractivity (Wildman–Crippen MR) is 93.8 cm³/mol. The van der Waals surface area contributed by atoms with E-state index in [9.17, 15) is 15.0 Å². The van der Waals surface area contributed by atoms with Gasteiger partial charge in [-0.1, -0.05) is 12.1 Å². The Morgan fingerprint density at radius 2 is 2.31 bits per heavy atom. The highest BCUT2D eigenvalue weighted by Crippen LogP contribution is 2.35. The number of aliphatic carboxylic acids is 1. The first-order chi connectivity index (χ1) is 12.4. The van der Waals surface area contributed by atoms with E-state index in [0.29, 0.717) is 31.1 Å². The molecule has 1 fully saturated rings. The zero-order valence-corrected chi connectivity index (χ0v) is 15.0. The molecule has 0 bridgehead atoms. The lowest BCUT2D eigenvalue weighted by Gasteiger charge is -2.43. The Bertz CT molecular complexity index is 778. The summed E-state index contributed by atoms with van der Waals surface area (Å²) in [5, 5.41) is 27.5. The van der Waals surface area contributed by atoms with Crippen molar-refractivity contribution in [2.45, 2.75) is 32.4 Å². The first kappa shape index (κ1) is 18.3. The van der Waals surface area contributed by atoms with Crippen molar-refractivity contribution in [3.05, 3.63) is 41.5 Å². The fourth-order valence-corrected chi connectivity index (χ4v) is 3.57. The van der Waals surface area contributed by atoms with Gasteiger partial charge in [-0.05, 0) is 37.5 Å². The summed E-state index contributed by atoms with van der Waals surface area (Å²) in [5.41, 5.74) is -0.461. The van der Waals surface area contributed by atoms with E-state index in [1.807, 2.05) is 36.1 Å². The second kappa shape index (κ2) is 7.43. The maximum Gasteiger partial charge on any atom is 0.313 e. The molecule has 0 spiro atoms. The molecule has 140 valence electrons. The lowest BCUT2D eigenvalue weighted by Crippen LogP contribution is -2.56. The highest BCUT2D eigenvalue weighted by Gasteiger charge is 2.49. The Balaban J connectivity index is 1.83. The molecule has 8 heteroatoms. The number of hydrogen-bond donors (Lipinski definition) is 3. The van der Waals surface area contributed by atoms with Crippen molar-refractivity contribution >= 4 is 5.97 Å². The van der Waals surface area contributed by atoms with Crippen LogP contribution in [0.3, 0.4) is 0 Å². The van der Waals surface area contributed by atoms with Crippen LogP contribution in [0.25, 0.3) is 0 Å². The molecule has 8 nitrogen and oxygen atoms in total. The van der Waals surface area contributed by atoms with Gasteiger partial charge in [-0.15, -0.1) is 0 Å². The Hall–Kier alpha value is -2.45. The number of aromatic nitrogens is 3. The number of rotatable bonds is 6. The van der Waals surface area contributed by atoms with Gasteiger partial charge < -0.3 is 14.9 Å². The predicted octanol–water partition coefficient (Wildman–Crippen LogP) is 1.00. The van der Waals surface area contributed by atoms with Gasteiger partial charge >= 0.3 is 5.97 Å². The number of carboxylic acids is 1. The second-order valence-corrected chi connectivity index (χ2v) is 6.84. The van der Waals surface area contributed by atoms with Gasteiger partial charge in [0.15, 0.2) is 5.82 Å². The molecule has 1 saturated heterocycles. The van der Waals surface area contributed by atoms with E-state index in [1.54, 1.807) is 7.11 Å². The van der Waals surface area contributed by atoms with Crippen LogP contribution < -0.4 is 4.74 Å². The van der Waals surface area contributed by atoms with E-state index in [-0.39, 0.29) is 13.0 Å². The minimum absolute atomic E-state index is 0.226. The summed E-state index contributed by atoms with van der Waals surface area (Å²) in [4.78, 5) is 18.5. The van der Waals surface area contributed by atoms with Gasteiger partial charge in [0.2, 0.25) is 0 Å². The van der Waals surface area contributed by atoms with E-state index in [4.69, 9.17) is 4.74 Å². The molecule has 1 aromatic carbocycles. The lowest BCUT2D eigenvalue weighted by atomic mass is 9.73. The highest BCUT2D eigenvalue weighted by molar-refractivity contribution is 5.76. The van der Waals surface area contributed by atoms with Crippen LogP contribution in [0.1, 0.15) is 23.6 Å². The summed E-state index contributed by atoms with van der Waals surface area (Å²) in [7, 11) is 1.57. The fourth-order valence-electron chi connectivity index (χ4n) is 3.57. The minimum atomic E-state index is -1.28. The monoisotopic (exact) mass is 360 g/mol. The summed E-state index contributed by atoms with van der Waals surface area (Å²) in [5.74, 6) is 1.02. The summed E-state index contributed by atoms with van der Waals surface area (Å²) >= 11 is 0. The third-order valence-electron chi connectivity index (χ3n) is 4.95. The zero-order chi connectivity index (χ0) is 18.7. The average Bonchev–Trinajstić information content (AvgIpc) is 3.02. The van der Waals surface area contributed by atoms with E-state index in [2.05, 4.69) is 15.2 Å². The lowest BCUT2D eigenvalue weighted by molar-refractivity contribution is -0.163. The summed E-state index contributed by atoms with van der Waals surface area (Å²) in [6.45, 7) is 3.10. The second-order valence-electron chi connectivity index (χ2n) is 6.84. The van der Waals surface area contributed by atoms with Crippen molar-refractivity contribution in [2.24, 2.45) is 5.41 Å². The number of benzene rings is 1. The molecule has 2 heterocycles. The average molecular weight is 360 g/mol. The van der Waals surface area contributed by atoms with Crippen LogP contribution in [0.2, 0.25) is 0 Å². The van der Waals surface area contributed by atoms with E-state index < -0.39 is 17.5 Å². The summed E-state index contributed by atoms with van der Waals surface area (Å²) < 4.78 is 5.23. The van der Waals surface area contributed by atoms with Crippen LogP contribution in [-0.2, 0) is 17.8 Å². The number of carboxylic acid groups (broad SMARTS) is 1. The molecule has 0 radical (unpaired) electrons. The quantitative estimate of drug-likeness (QED) is 0.705. The molecule has 1 aliphatic heterocycles. The van der Waals surface area contributed by atoms with Gasteiger partial charge in [0, 0.05) is 13.1 Å². The Morgan fingerprint density at radius 1 is 1.50 bits per heavy atom. The summed E-state index contributed by atoms with van der Waals surface area (Å²) in [6, 6.07) is 7.31. The van der Waals surface area contributed by atoms with Crippen LogP contribution in [-0.4, -0.2) is 62.6 Å². The molecule has 26 heavy (non-hydrogen) atoms. The fraction of sp³-hybridized carbons (Fsp3) is 0.500. The Morgan fingerprint density at radius 3 is 2.96 bits per heavy atom. The molecular formula is C18H24N4O4. The van der Waals surface area contributed by atoms with Gasteiger partial charge in [-0.2, -0.15) is 5.10 Å². The SMILES string of the molecule is COc1cccc(C[C@@]2(C(=O)O)CN(Cc3n[nH]c(C)n3)CC[C@@H]2O)c1. The van der Waals surface area contributed by atoms with E-state index in [1.165, 1.54) is 0 Å². The molecule has 0 saturated carbocycles. The van der Waals surface area contributed by atoms with Gasteiger partial charge in [-0.3, -0.25) is 14.8 Å². The number of likely N-dealkylation sites (tertiary alicyclic amines) is 1. The number of hydrogen-bond acceptors (Lipinski definition) is 6. The Kier molecular flexibility index (Phi) is 5.24. The number of ether oxygens (including phenoxy) is 1. The molecule has 0 amide bonds. The molecule has 2 aromatic rings. The van der Waals surface area contributed by atoms with Gasteiger partial charge in [0.05, 0.1) is 19.8 Å². The largest absolute Gasteiger partial charge is 0.497 e. The minimum Gasteiger partial charge on any atom is -0.497 e. The maximum absolute atomic E-state index is 12.2. The number of aliphatic hydroxyl groups excluding tert-OH is 1. The van der Waals surface area contributed by atoms with Gasteiger partial charge in [0.1, 0.15) is 17.0 Å². The molecule has 0 unspecified atom stereocenters. The van der Waals surface area contributed by atoms with Crippen LogP contribution >= 0.6 is 0 Å². The molecule has 3 N–H and O–H groups in total. The van der Waals surface area contributed by atoms with E-state index in [0.717, 1.165) is 11.4 Å². The molecular weight excluding hydrogens is 336 g/mol. The van der Waals surface area contributed by atoms with Gasteiger partial charge in [-0.25, -0.2) is 4.98 Å². The molecule has 3 rings (SSSR count). The maximum atomic E-state index is 12.2. The number of methoxy groups -OCH3 is 1. The standard InChI is InChI=1S/C18H24N4O4/c1-12-19-16(21-20-12)10-22-7-6-15(23)18(11-22,17(24)25)9-13-4-3-5-14(8-13)26-2/h3-5,8,15,23H,6-7,9-11H2,1-2H3,(H,24,25)(H,19,20,21)/t15-,18+/m0/s1. The van der Waals surface area contributed by atoms with Crippen LogP contribution in [0, 0.1) is 12.3 Å². The van der Waals surface area contributed by atoms with Crippen LogP contribution in [0.4, 0.5) is 0 Å². The van der Waals surface area contributed by atoms with Crippen molar-refractivity contribution < 1.29 is 19.7 Å². The third-order valence-corrected chi connectivity index (χ3v) is 4.95. The zero-order valence-electron chi connectivity index (χ0n) is 15.0. The number of carbonyl (C=O) groups is 1. The van der Waals surface area contributed by atoms with Crippen molar-refractivity contribution in [1.82, 2.24) is 20.1 Å². The molecule has 1 aromatic heterocycles. The number of piperidine rings is 1. The normalized spacial score (nSPS) is 23.7. The number of aromatic amines is 1. The number of H-pyrrole nitrogens is 1. The number of nitrogens with zero attached hydrogens (tertiary/aromatic N) is 3. The number of aryl methyl sites for hydroxylation is 1. The molecule has 1 aliphatic rings. The van der Waals surface area contributed by atoms with Crippen LogP contribution in [0.15, 0.2) is 24.3 Å². The smallest absolute Gasteiger partial charge is 0.313 e. The first-order valence-corrected chi connectivity index (χ1v) is 8.57.